The molecule has 0 spiro atoms. The largest absolute Gasteiger partial charge is 0.347 e. The third-order valence-electron chi connectivity index (χ3n) is 5.46. The Morgan fingerprint density at radius 2 is 1.79 bits per heavy atom. The lowest BCUT2D eigenvalue weighted by Gasteiger charge is -2.19. The molecule has 1 aliphatic heterocycles. The summed E-state index contributed by atoms with van der Waals surface area (Å²) in [6.45, 7) is 7.22. The molecular formula is C22H28N4O2. The minimum absolute atomic E-state index is 0.0648. The molecule has 2 amide bonds. The number of rotatable bonds is 4. The first-order chi connectivity index (χ1) is 13.3. The van der Waals surface area contributed by atoms with Gasteiger partial charge < -0.3 is 15.2 Å². The predicted molar refractivity (Wildman–Crippen MR) is 109 cm³/mol. The molecule has 2 N–H and O–H groups in total. The Kier molecular flexibility index (Phi) is 4.73. The molecular weight excluding hydrogens is 352 g/mol. The Balaban J connectivity index is 1.56. The monoisotopic (exact) mass is 380 g/mol. The number of hydrogen-bond acceptors (Lipinski definition) is 3. The van der Waals surface area contributed by atoms with E-state index in [1.165, 1.54) is 5.56 Å². The van der Waals surface area contributed by atoms with Crippen molar-refractivity contribution < 1.29 is 9.59 Å². The Morgan fingerprint density at radius 3 is 2.43 bits per heavy atom. The minimum atomic E-state index is -0.250. The van der Waals surface area contributed by atoms with Gasteiger partial charge in [-0.3, -0.25) is 9.59 Å². The number of imidazole rings is 1. The van der Waals surface area contributed by atoms with Crippen molar-refractivity contribution in [3.8, 4) is 0 Å². The molecule has 0 unspecified atom stereocenters. The minimum Gasteiger partial charge on any atom is -0.347 e. The van der Waals surface area contributed by atoms with Crippen molar-refractivity contribution in [3.63, 3.8) is 0 Å². The summed E-state index contributed by atoms with van der Waals surface area (Å²) < 4.78 is 1.93. The van der Waals surface area contributed by atoms with Gasteiger partial charge in [-0.2, -0.15) is 0 Å². The van der Waals surface area contributed by atoms with Crippen molar-refractivity contribution in [1.29, 1.82) is 0 Å². The van der Waals surface area contributed by atoms with E-state index < -0.39 is 0 Å². The molecule has 148 valence electrons. The highest BCUT2D eigenvalue weighted by Gasteiger charge is 2.30. The third-order valence-corrected chi connectivity index (χ3v) is 5.46. The van der Waals surface area contributed by atoms with Crippen molar-refractivity contribution in [3.05, 3.63) is 47.0 Å². The van der Waals surface area contributed by atoms with Crippen LogP contribution in [-0.4, -0.2) is 27.4 Å². The van der Waals surface area contributed by atoms with E-state index in [9.17, 15) is 9.59 Å². The summed E-state index contributed by atoms with van der Waals surface area (Å²) in [4.78, 5) is 30.0. The van der Waals surface area contributed by atoms with Crippen LogP contribution in [-0.2, 0) is 18.4 Å². The van der Waals surface area contributed by atoms with E-state index in [0.29, 0.717) is 11.5 Å². The summed E-state index contributed by atoms with van der Waals surface area (Å²) in [6, 6.07) is 8.17. The normalized spacial score (nSPS) is 16.4. The zero-order valence-corrected chi connectivity index (χ0v) is 16.8. The van der Waals surface area contributed by atoms with Crippen LogP contribution in [0.5, 0.6) is 0 Å². The summed E-state index contributed by atoms with van der Waals surface area (Å²) >= 11 is 0. The summed E-state index contributed by atoms with van der Waals surface area (Å²) in [7, 11) is 0. The van der Waals surface area contributed by atoms with Gasteiger partial charge in [0.05, 0.1) is 5.69 Å². The molecule has 1 aromatic heterocycles. The molecule has 0 saturated heterocycles. The highest BCUT2D eigenvalue weighted by atomic mass is 16.2. The molecule has 0 bridgehead atoms. The Labute approximate surface area is 165 Å². The van der Waals surface area contributed by atoms with Gasteiger partial charge >= 0.3 is 0 Å². The molecule has 1 aliphatic carbocycles. The number of hydrogen-bond donors (Lipinski definition) is 2. The van der Waals surface area contributed by atoms with Gasteiger partial charge in [0.1, 0.15) is 0 Å². The van der Waals surface area contributed by atoms with Gasteiger partial charge in [-0.15, -0.1) is 0 Å². The standard InChI is InChI=1S/C22H28N4O2/c1-22(2,3)14-7-9-15(10-8-14)23-20(27)18-17-6-4-5-13-26(17)19(25-18)21(28)24-16-11-12-16/h7-10,16H,4-6,11-13H2,1-3H3,(H,23,27)(H,24,28). The maximum absolute atomic E-state index is 12.9. The first-order valence-corrected chi connectivity index (χ1v) is 10.1. The zero-order valence-electron chi connectivity index (χ0n) is 16.8. The fourth-order valence-electron chi connectivity index (χ4n) is 3.62. The van der Waals surface area contributed by atoms with E-state index in [-0.39, 0.29) is 23.3 Å². The van der Waals surface area contributed by atoms with Crippen LogP contribution < -0.4 is 10.6 Å². The van der Waals surface area contributed by atoms with E-state index >= 15 is 0 Å². The Bertz CT molecular complexity index is 902. The number of aromatic nitrogens is 2. The number of fused-ring (bicyclic) bond motifs is 1. The van der Waals surface area contributed by atoms with Crippen LogP contribution in [0.3, 0.4) is 0 Å². The number of amides is 2. The first-order valence-electron chi connectivity index (χ1n) is 10.1. The highest BCUT2D eigenvalue weighted by molar-refractivity contribution is 6.05. The second-order valence-electron chi connectivity index (χ2n) is 8.87. The van der Waals surface area contributed by atoms with E-state index in [0.717, 1.165) is 50.0 Å². The van der Waals surface area contributed by atoms with E-state index in [1.54, 1.807) is 0 Å². The van der Waals surface area contributed by atoms with E-state index in [1.807, 2.05) is 28.8 Å². The fraction of sp³-hybridized carbons (Fsp3) is 0.500. The molecule has 2 aliphatic rings. The fourth-order valence-corrected chi connectivity index (χ4v) is 3.62. The quantitative estimate of drug-likeness (QED) is 0.850. The van der Waals surface area contributed by atoms with Crippen LogP contribution in [0.25, 0.3) is 0 Å². The van der Waals surface area contributed by atoms with Gasteiger partial charge in [0.25, 0.3) is 11.8 Å². The summed E-state index contributed by atoms with van der Waals surface area (Å²) in [6.07, 6.45) is 4.84. The van der Waals surface area contributed by atoms with Crippen molar-refractivity contribution in [1.82, 2.24) is 14.9 Å². The molecule has 4 rings (SSSR count). The van der Waals surface area contributed by atoms with Gasteiger partial charge in [-0.25, -0.2) is 4.98 Å². The molecule has 1 aromatic carbocycles. The lowest BCUT2D eigenvalue weighted by atomic mass is 9.87. The average molecular weight is 380 g/mol. The first kappa shape index (κ1) is 18.7. The van der Waals surface area contributed by atoms with Crippen molar-refractivity contribution in [2.24, 2.45) is 0 Å². The van der Waals surface area contributed by atoms with Crippen LogP contribution in [0.1, 0.15) is 78.8 Å². The maximum Gasteiger partial charge on any atom is 0.287 e. The van der Waals surface area contributed by atoms with Crippen LogP contribution in [0, 0.1) is 0 Å². The summed E-state index contributed by atoms with van der Waals surface area (Å²) in [5.41, 5.74) is 3.26. The maximum atomic E-state index is 12.9. The lowest BCUT2D eigenvalue weighted by molar-refractivity contribution is 0.0935. The highest BCUT2D eigenvalue weighted by Crippen LogP contribution is 2.26. The van der Waals surface area contributed by atoms with E-state index in [4.69, 9.17) is 0 Å². The van der Waals surface area contributed by atoms with Crippen LogP contribution >= 0.6 is 0 Å². The molecule has 1 fully saturated rings. The third kappa shape index (κ3) is 3.81. The van der Waals surface area contributed by atoms with Crippen LogP contribution in [0.2, 0.25) is 0 Å². The molecule has 28 heavy (non-hydrogen) atoms. The van der Waals surface area contributed by atoms with Gasteiger partial charge in [0.15, 0.2) is 11.5 Å². The number of anilines is 1. The Morgan fingerprint density at radius 1 is 1.07 bits per heavy atom. The van der Waals surface area contributed by atoms with E-state index in [2.05, 4.69) is 36.4 Å². The lowest BCUT2D eigenvalue weighted by Crippen LogP contribution is -2.29. The van der Waals surface area contributed by atoms with Gasteiger partial charge in [-0.05, 0) is 55.2 Å². The topological polar surface area (TPSA) is 76.0 Å². The molecule has 0 radical (unpaired) electrons. The SMILES string of the molecule is CC(C)(C)c1ccc(NC(=O)c2nc(C(=O)NC3CC3)n3c2CCCC3)cc1. The van der Waals surface area contributed by atoms with Crippen LogP contribution in [0.15, 0.2) is 24.3 Å². The molecule has 6 nitrogen and oxygen atoms in total. The molecule has 2 aromatic rings. The van der Waals surface area contributed by atoms with Crippen molar-refractivity contribution in [2.75, 3.05) is 5.32 Å². The number of carbonyl (C=O) groups is 2. The zero-order chi connectivity index (χ0) is 19.9. The molecule has 0 atom stereocenters. The smallest absolute Gasteiger partial charge is 0.287 e. The molecule has 2 heterocycles. The number of carbonyl (C=O) groups excluding carboxylic acids is 2. The second-order valence-corrected chi connectivity index (χ2v) is 8.87. The van der Waals surface area contributed by atoms with Gasteiger partial charge in [0, 0.05) is 18.3 Å². The predicted octanol–water partition coefficient (Wildman–Crippen LogP) is 3.66. The van der Waals surface area contributed by atoms with Crippen molar-refractivity contribution >= 4 is 17.5 Å². The van der Waals surface area contributed by atoms with Gasteiger partial charge in [-0.1, -0.05) is 32.9 Å². The molecule has 1 saturated carbocycles. The van der Waals surface area contributed by atoms with Gasteiger partial charge in [0.2, 0.25) is 0 Å². The second kappa shape index (κ2) is 7.08. The number of nitrogens with zero attached hydrogens (tertiary/aromatic N) is 2. The number of nitrogens with one attached hydrogen (secondary N) is 2. The van der Waals surface area contributed by atoms with Crippen molar-refractivity contribution in [2.45, 2.75) is 70.9 Å². The summed E-state index contributed by atoms with van der Waals surface area (Å²) in [5, 5.41) is 5.93. The Hall–Kier alpha value is -2.63. The molecule has 6 heteroatoms. The van der Waals surface area contributed by atoms with Crippen LogP contribution in [0.4, 0.5) is 5.69 Å². The average Bonchev–Trinajstić information content (AvgIpc) is 3.38. The number of benzene rings is 1. The summed E-state index contributed by atoms with van der Waals surface area (Å²) in [5.74, 6) is -0.0475.